The Balaban J connectivity index is 1.96. The van der Waals surface area contributed by atoms with Gasteiger partial charge in [0.2, 0.25) is 0 Å². The number of aryl methyl sites for hydroxylation is 1. The normalized spacial score (nSPS) is 10.3. The summed E-state index contributed by atoms with van der Waals surface area (Å²) in [5.74, 6) is -0.503. The molecule has 1 aromatic heterocycles. The van der Waals surface area contributed by atoms with Crippen LogP contribution in [0.4, 0.5) is 4.39 Å². The highest BCUT2D eigenvalue weighted by molar-refractivity contribution is 5.92. The van der Waals surface area contributed by atoms with Gasteiger partial charge in [-0.15, -0.1) is 0 Å². The third-order valence-corrected chi connectivity index (χ3v) is 3.44. The zero-order valence-corrected chi connectivity index (χ0v) is 12.5. The van der Waals surface area contributed by atoms with Crippen molar-refractivity contribution in [3.05, 3.63) is 83.8 Å². The summed E-state index contributed by atoms with van der Waals surface area (Å²) in [5.41, 5.74) is 2.74. The summed E-state index contributed by atoms with van der Waals surface area (Å²) in [5, 5.41) is 0. The van der Waals surface area contributed by atoms with Crippen LogP contribution in [-0.4, -0.2) is 11.0 Å². The molecule has 3 aromatic rings. The molecule has 0 bridgehead atoms. The standard InChI is InChI=1S/C19H14FNO2/c1-13-5-4-7-17(18(13)16-6-2-3-12-21-16)23-19(22)14-8-10-15(20)11-9-14/h2-12H,1H3. The summed E-state index contributed by atoms with van der Waals surface area (Å²) in [7, 11) is 0. The minimum absolute atomic E-state index is 0.292. The number of nitrogens with zero attached hydrogens (tertiary/aromatic N) is 1. The molecule has 4 heteroatoms. The minimum atomic E-state index is -0.534. The Morgan fingerprint density at radius 3 is 2.48 bits per heavy atom. The smallest absolute Gasteiger partial charge is 0.343 e. The summed E-state index contributed by atoms with van der Waals surface area (Å²) in [6.45, 7) is 1.93. The number of esters is 1. The summed E-state index contributed by atoms with van der Waals surface area (Å²) < 4.78 is 18.5. The molecule has 0 aliphatic carbocycles. The van der Waals surface area contributed by atoms with E-state index < -0.39 is 11.8 Å². The minimum Gasteiger partial charge on any atom is -0.422 e. The number of benzene rings is 2. The van der Waals surface area contributed by atoms with Crippen molar-refractivity contribution in [2.45, 2.75) is 6.92 Å². The third-order valence-electron chi connectivity index (χ3n) is 3.44. The van der Waals surface area contributed by atoms with Crippen molar-refractivity contribution in [3.8, 4) is 17.0 Å². The van der Waals surface area contributed by atoms with Crippen molar-refractivity contribution in [2.24, 2.45) is 0 Å². The maximum absolute atomic E-state index is 13.0. The largest absolute Gasteiger partial charge is 0.422 e. The molecule has 0 unspecified atom stereocenters. The topological polar surface area (TPSA) is 39.2 Å². The van der Waals surface area contributed by atoms with E-state index in [1.807, 2.05) is 37.3 Å². The van der Waals surface area contributed by atoms with Crippen LogP contribution in [0.2, 0.25) is 0 Å². The number of carbonyl (C=O) groups excluding carboxylic acids is 1. The first kappa shape index (κ1) is 14.9. The number of pyridine rings is 1. The number of rotatable bonds is 3. The fourth-order valence-electron chi connectivity index (χ4n) is 2.31. The first-order valence-corrected chi connectivity index (χ1v) is 7.14. The first-order chi connectivity index (χ1) is 11.1. The van der Waals surface area contributed by atoms with Crippen LogP contribution >= 0.6 is 0 Å². The first-order valence-electron chi connectivity index (χ1n) is 7.14. The van der Waals surface area contributed by atoms with Gasteiger partial charge in [0.25, 0.3) is 0 Å². The van der Waals surface area contributed by atoms with Gasteiger partial charge in [0.15, 0.2) is 0 Å². The average molecular weight is 307 g/mol. The molecule has 0 fully saturated rings. The fraction of sp³-hybridized carbons (Fsp3) is 0.0526. The summed E-state index contributed by atoms with van der Waals surface area (Å²) in [6.07, 6.45) is 1.69. The molecule has 0 saturated carbocycles. The molecule has 2 aromatic carbocycles. The van der Waals surface area contributed by atoms with Crippen molar-refractivity contribution in [2.75, 3.05) is 0 Å². The van der Waals surface area contributed by atoms with E-state index in [1.54, 1.807) is 12.3 Å². The molecule has 0 spiro atoms. The highest BCUT2D eigenvalue weighted by atomic mass is 19.1. The molecular formula is C19H14FNO2. The van der Waals surface area contributed by atoms with Gasteiger partial charge in [0.05, 0.1) is 11.3 Å². The fourth-order valence-corrected chi connectivity index (χ4v) is 2.31. The highest BCUT2D eigenvalue weighted by Gasteiger charge is 2.15. The van der Waals surface area contributed by atoms with E-state index in [2.05, 4.69) is 4.98 Å². The molecule has 1 heterocycles. The van der Waals surface area contributed by atoms with Crippen LogP contribution in [0.25, 0.3) is 11.3 Å². The molecule has 0 saturated heterocycles. The van der Waals surface area contributed by atoms with Gasteiger partial charge in [-0.25, -0.2) is 9.18 Å². The van der Waals surface area contributed by atoms with Crippen LogP contribution < -0.4 is 4.74 Å². The SMILES string of the molecule is Cc1cccc(OC(=O)c2ccc(F)cc2)c1-c1ccccn1. The Kier molecular flexibility index (Phi) is 4.15. The number of carbonyl (C=O) groups is 1. The van der Waals surface area contributed by atoms with E-state index in [4.69, 9.17) is 4.74 Å². The van der Waals surface area contributed by atoms with E-state index in [-0.39, 0.29) is 0 Å². The van der Waals surface area contributed by atoms with E-state index in [0.29, 0.717) is 11.3 Å². The lowest BCUT2D eigenvalue weighted by Crippen LogP contribution is -2.09. The predicted molar refractivity (Wildman–Crippen MR) is 85.8 cm³/mol. The molecule has 3 nitrogen and oxygen atoms in total. The lowest BCUT2D eigenvalue weighted by Gasteiger charge is -2.12. The molecule has 0 aliphatic rings. The maximum Gasteiger partial charge on any atom is 0.343 e. The Bertz CT molecular complexity index is 830. The van der Waals surface area contributed by atoms with E-state index >= 15 is 0 Å². The zero-order valence-electron chi connectivity index (χ0n) is 12.5. The number of halogens is 1. The van der Waals surface area contributed by atoms with Crippen molar-refractivity contribution < 1.29 is 13.9 Å². The van der Waals surface area contributed by atoms with Crippen molar-refractivity contribution in [3.63, 3.8) is 0 Å². The molecule has 0 atom stereocenters. The van der Waals surface area contributed by atoms with Gasteiger partial charge >= 0.3 is 5.97 Å². The summed E-state index contributed by atoms with van der Waals surface area (Å²) in [4.78, 5) is 16.6. The average Bonchev–Trinajstić information content (AvgIpc) is 2.56. The molecule has 114 valence electrons. The molecule has 0 amide bonds. The molecule has 3 rings (SSSR count). The van der Waals surface area contributed by atoms with E-state index in [1.165, 1.54) is 24.3 Å². The van der Waals surface area contributed by atoms with E-state index in [0.717, 1.165) is 16.8 Å². The number of aromatic nitrogens is 1. The Morgan fingerprint density at radius 1 is 1.00 bits per heavy atom. The molecule has 0 N–H and O–H groups in total. The quantitative estimate of drug-likeness (QED) is 0.531. The molecular weight excluding hydrogens is 293 g/mol. The van der Waals surface area contributed by atoms with Gasteiger partial charge in [-0.2, -0.15) is 0 Å². The van der Waals surface area contributed by atoms with Gasteiger partial charge in [-0.3, -0.25) is 4.98 Å². The number of hydrogen-bond acceptors (Lipinski definition) is 3. The van der Waals surface area contributed by atoms with E-state index in [9.17, 15) is 9.18 Å². The van der Waals surface area contributed by atoms with Crippen LogP contribution in [0.3, 0.4) is 0 Å². The summed E-state index contributed by atoms with van der Waals surface area (Å²) >= 11 is 0. The number of hydrogen-bond donors (Lipinski definition) is 0. The van der Waals surface area contributed by atoms with Gasteiger partial charge < -0.3 is 4.74 Å². The Labute approximate surface area is 133 Å². The third kappa shape index (κ3) is 3.26. The van der Waals surface area contributed by atoms with Crippen LogP contribution in [0, 0.1) is 12.7 Å². The van der Waals surface area contributed by atoms with Gasteiger partial charge in [0.1, 0.15) is 11.6 Å². The highest BCUT2D eigenvalue weighted by Crippen LogP contribution is 2.32. The predicted octanol–water partition coefficient (Wildman–Crippen LogP) is 4.42. The molecule has 0 aliphatic heterocycles. The van der Waals surface area contributed by atoms with Crippen LogP contribution in [-0.2, 0) is 0 Å². The van der Waals surface area contributed by atoms with Crippen molar-refractivity contribution in [1.29, 1.82) is 0 Å². The van der Waals surface area contributed by atoms with Crippen molar-refractivity contribution >= 4 is 5.97 Å². The summed E-state index contributed by atoms with van der Waals surface area (Å²) in [6, 6.07) is 16.3. The number of ether oxygens (including phenoxy) is 1. The van der Waals surface area contributed by atoms with Gasteiger partial charge in [-0.1, -0.05) is 18.2 Å². The van der Waals surface area contributed by atoms with Crippen LogP contribution in [0.1, 0.15) is 15.9 Å². The lowest BCUT2D eigenvalue weighted by molar-refractivity contribution is 0.0735. The van der Waals surface area contributed by atoms with Crippen LogP contribution in [0.15, 0.2) is 66.9 Å². The Hall–Kier alpha value is -3.01. The second-order valence-electron chi connectivity index (χ2n) is 5.06. The molecule has 0 radical (unpaired) electrons. The zero-order chi connectivity index (χ0) is 16.2. The monoisotopic (exact) mass is 307 g/mol. The molecule has 23 heavy (non-hydrogen) atoms. The van der Waals surface area contributed by atoms with Crippen molar-refractivity contribution in [1.82, 2.24) is 4.98 Å². The lowest BCUT2D eigenvalue weighted by atomic mass is 10.0. The van der Waals surface area contributed by atoms with Gasteiger partial charge in [0, 0.05) is 11.8 Å². The Morgan fingerprint density at radius 2 is 1.78 bits per heavy atom. The van der Waals surface area contributed by atoms with Gasteiger partial charge in [-0.05, 0) is 55.0 Å². The second-order valence-corrected chi connectivity index (χ2v) is 5.06. The maximum atomic E-state index is 13.0. The second kappa shape index (κ2) is 6.40. The van der Waals surface area contributed by atoms with Crippen LogP contribution in [0.5, 0.6) is 5.75 Å².